The highest BCUT2D eigenvalue weighted by molar-refractivity contribution is 8.93. The molecule has 0 aromatic heterocycles. The van der Waals surface area contributed by atoms with Crippen molar-refractivity contribution in [1.29, 1.82) is 0 Å². The molecule has 122 valence electrons. The fourth-order valence-electron chi connectivity index (χ4n) is 1.83. The lowest BCUT2D eigenvalue weighted by molar-refractivity contribution is -0.137. The first-order valence-corrected chi connectivity index (χ1v) is 6.38. The second-order valence-corrected chi connectivity index (χ2v) is 6.00. The summed E-state index contributed by atoms with van der Waals surface area (Å²) < 4.78 is 38.7. The van der Waals surface area contributed by atoms with E-state index >= 15 is 0 Å². The minimum Gasteiger partial charge on any atom is -0.397 e. The molecule has 0 bridgehead atoms. The van der Waals surface area contributed by atoms with Gasteiger partial charge in [0.05, 0.1) is 28.9 Å². The smallest absolute Gasteiger partial charge is 0.397 e. The molecule has 0 radical (unpaired) electrons. The van der Waals surface area contributed by atoms with E-state index < -0.39 is 23.5 Å². The van der Waals surface area contributed by atoms with E-state index in [1.807, 2.05) is 20.8 Å². The van der Waals surface area contributed by atoms with Gasteiger partial charge in [-0.25, -0.2) is 0 Å². The summed E-state index contributed by atoms with van der Waals surface area (Å²) in [5, 5.41) is 12.2. The molecule has 0 saturated carbocycles. The molecule has 0 spiro atoms. The van der Waals surface area contributed by atoms with E-state index in [9.17, 15) is 18.3 Å². The van der Waals surface area contributed by atoms with Crippen molar-refractivity contribution in [3.8, 4) is 0 Å². The Hall–Kier alpha value is -0.500. The fraction of sp³-hybridized carbons (Fsp3) is 0.538. The van der Waals surface area contributed by atoms with Crippen LogP contribution >= 0.6 is 28.6 Å². The van der Waals surface area contributed by atoms with Crippen LogP contribution in [0.2, 0.25) is 5.02 Å². The number of nitrogens with two attached hydrogens (primary N) is 1. The molecule has 0 saturated heterocycles. The van der Waals surface area contributed by atoms with Gasteiger partial charge in [0.1, 0.15) is 0 Å². The number of benzene rings is 1. The Morgan fingerprint density at radius 3 is 2.19 bits per heavy atom. The molecule has 3 nitrogen and oxygen atoms in total. The zero-order valence-corrected chi connectivity index (χ0v) is 14.4. The zero-order chi connectivity index (χ0) is 15.7. The van der Waals surface area contributed by atoms with Gasteiger partial charge in [-0.15, -0.1) is 17.0 Å². The summed E-state index contributed by atoms with van der Waals surface area (Å²) in [6, 6.07) is 1.60. The molecule has 0 aliphatic heterocycles. The van der Waals surface area contributed by atoms with Gasteiger partial charge in [-0.05, 0) is 38.5 Å². The summed E-state index contributed by atoms with van der Waals surface area (Å²) in [5.74, 6) is 0. The quantitative estimate of drug-likeness (QED) is 0.684. The van der Waals surface area contributed by atoms with Gasteiger partial charge >= 0.3 is 6.18 Å². The number of rotatable bonds is 3. The Kier molecular flexibility index (Phi) is 7.00. The summed E-state index contributed by atoms with van der Waals surface area (Å²) in [5.41, 5.74) is 3.74. The maximum atomic E-state index is 12.9. The first kappa shape index (κ1) is 20.5. The van der Waals surface area contributed by atoms with Crippen LogP contribution in [0.15, 0.2) is 12.1 Å². The molecular formula is C13H19BrClF3N2O. The van der Waals surface area contributed by atoms with Gasteiger partial charge < -0.3 is 16.2 Å². The first-order chi connectivity index (χ1) is 8.95. The average molecular weight is 392 g/mol. The van der Waals surface area contributed by atoms with E-state index in [4.69, 9.17) is 17.3 Å². The van der Waals surface area contributed by atoms with E-state index in [0.717, 1.165) is 6.07 Å². The minimum absolute atomic E-state index is 0. The van der Waals surface area contributed by atoms with Gasteiger partial charge in [-0.1, -0.05) is 11.6 Å². The van der Waals surface area contributed by atoms with Crippen LogP contribution in [0.3, 0.4) is 0 Å². The number of hydrogen-bond acceptors (Lipinski definition) is 3. The molecule has 21 heavy (non-hydrogen) atoms. The van der Waals surface area contributed by atoms with Crippen molar-refractivity contribution >= 4 is 34.3 Å². The standard InChI is InChI=1S/C13H18ClF3N2O.BrH/c1-12(2,3)19-10(6-20)7-4-8(13(15,16)17)11(18)9(14)5-7;/h4-5,10,19-20H,6,18H2,1-3H3;1H. The predicted octanol–water partition coefficient (Wildman–Crippen LogP) is 3.94. The van der Waals surface area contributed by atoms with Crippen LogP contribution in [-0.2, 0) is 6.18 Å². The molecule has 1 aromatic rings. The predicted molar refractivity (Wildman–Crippen MR) is 83.9 cm³/mol. The number of hydrogen-bond donors (Lipinski definition) is 3. The number of aliphatic hydroxyl groups excluding tert-OH is 1. The summed E-state index contributed by atoms with van der Waals surface area (Å²) in [6.07, 6.45) is -4.59. The molecule has 1 aromatic carbocycles. The summed E-state index contributed by atoms with van der Waals surface area (Å²) in [7, 11) is 0. The highest BCUT2D eigenvalue weighted by atomic mass is 79.9. The topological polar surface area (TPSA) is 58.3 Å². The number of alkyl halides is 3. The minimum atomic E-state index is -4.59. The summed E-state index contributed by atoms with van der Waals surface area (Å²) in [6.45, 7) is 5.19. The largest absolute Gasteiger partial charge is 0.418 e. The van der Waals surface area contributed by atoms with Crippen LogP contribution in [-0.4, -0.2) is 17.3 Å². The molecule has 0 aliphatic carbocycles. The summed E-state index contributed by atoms with van der Waals surface area (Å²) >= 11 is 5.76. The van der Waals surface area contributed by atoms with Crippen molar-refractivity contribution in [2.24, 2.45) is 0 Å². The molecule has 4 N–H and O–H groups in total. The van der Waals surface area contributed by atoms with Crippen LogP contribution < -0.4 is 11.1 Å². The first-order valence-electron chi connectivity index (χ1n) is 6.00. The Labute approximate surface area is 137 Å². The Morgan fingerprint density at radius 1 is 1.29 bits per heavy atom. The maximum absolute atomic E-state index is 12.9. The number of nitrogen functional groups attached to an aromatic ring is 1. The second kappa shape index (κ2) is 7.17. The van der Waals surface area contributed by atoms with Crippen LogP contribution in [0.25, 0.3) is 0 Å². The van der Waals surface area contributed by atoms with Crippen LogP contribution in [0.1, 0.15) is 37.9 Å². The van der Waals surface area contributed by atoms with Gasteiger partial charge in [-0.2, -0.15) is 13.2 Å². The monoisotopic (exact) mass is 390 g/mol. The molecule has 0 heterocycles. The SMILES string of the molecule is Br.CC(C)(C)NC(CO)c1cc(Cl)c(N)c(C(F)(F)F)c1. The fourth-order valence-corrected chi connectivity index (χ4v) is 2.06. The Balaban J connectivity index is 0.00000400. The van der Waals surface area contributed by atoms with Crippen LogP contribution in [0.4, 0.5) is 18.9 Å². The van der Waals surface area contributed by atoms with E-state index in [1.165, 1.54) is 6.07 Å². The van der Waals surface area contributed by atoms with Crippen LogP contribution in [0.5, 0.6) is 0 Å². The zero-order valence-electron chi connectivity index (χ0n) is 11.9. The highest BCUT2D eigenvalue weighted by Gasteiger charge is 2.35. The third-order valence-electron chi connectivity index (χ3n) is 2.65. The second-order valence-electron chi connectivity index (χ2n) is 5.59. The van der Waals surface area contributed by atoms with Crippen molar-refractivity contribution in [3.05, 3.63) is 28.3 Å². The number of halogens is 5. The van der Waals surface area contributed by atoms with Crippen molar-refractivity contribution in [1.82, 2.24) is 5.32 Å². The number of aliphatic hydroxyl groups is 1. The third-order valence-corrected chi connectivity index (χ3v) is 2.96. The van der Waals surface area contributed by atoms with Crippen molar-refractivity contribution in [2.75, 3.05) is 12.3 Å². The van der Waals surface area contributed by atoms with Crippen molar-refractivity contribution in [3.63, 3.8) is 0 Å². The maximum Gasteiger partial charge on any atom is 0.418 e. The van der Waals surface area contributed by atoms with E-state index in [2.05, 4.69) is 5.32 Å². The molecular weight excluding hydrogens is 373 g/mol. The van der Waals surface area contributed by atoms with Crippen molar-refractivity contribution in [2.45, 2.75) is 38.5 Å². The van der Waals surface area contributed by atoms with Gasteiger partial charge in [0.15, 0.2) is 0 Å². The van der Waals surface area contributed by atoms with E-state index in [1.54, 1.807) is 0 Å². The molecule has 1 unspecified atom stereocenters. The number of nitrogens with one attached hydrogen (secondary N) is 1. The molecule has 0 fully saturated rings. The lowest BCUT2D eigenvalue weighted by atomic mass is 9.99. The Morgan fingerprint density at radius 2 is 1.81 bits per heavy atom. The molecule has 1 atom stereocenters. The molecule has 8 heteroatoms. The van der Waals surface area contributed by atoms with Crippen LogP contribution in [0, 0.1) is 0 Å². The lowest BCUT2D eigenvalue weighted by Crippen LogP contribution is -2.40. The van der Waals surface area contributed by atoms with Gasteiger partial charge in [0.2, 0.25) is 0 Å². The summed E-state index contributed by atoms with van der Waals surface area (Å²) in [4.78, 5) is 0. The van der Waals surface area contributed by atoms with Crippen molar-refractivity contribution < 1.29 is 18.3 Å². The van der Waals surface area contributed by atoms with Gasteiger partial charge in [0, 0.05) is 5.54 Å². The van der Waals surface area contributed by atoms with E-state index in [-0.39, 0.29) is 39.7 Å². The number of anilines is 1. The van der Waals surface area contributed by atoms with Gasteiger partial charge in [-0.3, -0.25) is 0 Å². The average Bonchev–Trinajstić information content (AvgIpc) is 2.26. The highest BCUT2D eigenvalue weighted by Crippen LogP contribution is 2.39. The Bertz CT molecular complexity index is 490. The normalized spacial score (nSPS) is 13.7. The molecule has 0 aliphatic rings. The molecule has 0 amide bonds. The lowest BCUT2D eigenvalue weighted by Gasteiger charge is -2.28. The van der Waals surface area contributed by atoms with E-state index in [0.29, 0.717) is 0 Å². The third kappa shape index (κ3) is 5.65. The molecule has 1 rings (SSSR count). The van der Waals surface area contributed by atoms with Gasteiger partial charge in [0.25, 0.3) is 0 Å².